The van der Waals surface area contributed by atoms with E-state index in [2.05, 4.69) is 30.2 Å². The van der Waals surface area contributed by atoms with Gasteiger partial charge in [0, 0.05) is 29.8 Å². The number of sulfonamides is 1. The van der Waals surface area contributed by atoms with E-state index in [1.54, 1.807) is 18.5 Å². The summed E-state index contributed by atoms with van der Waals surface area (Å²) in [6.07, 6.45) is 6.18. The summed E-state index contributed by atoms with van der Waals surface area (Å²) in [5.74, 6) is 0.0631. The molecule has 11 nitrogen and oxygen atoms in total. The molecule has 0 unspecified atom stereocenters. The maximum absolute atomic E-state index is 14.6. The minimum Gasteiger partial charge on any atom is -0.336 e. The van der Waals surface area contributed by atoms with E-state index in [1.165, 1.54) is 12.1 Å². The zero-order valence-corrected chi connectivity index (χ0v) is 23.7. The van der Waals surface area contributed by atoms with Gasteiger partial charge in [0.05, 0.1) is 40.4 Å². The van der Waals surface area contributed by atoms with Crippen molar-refractivity contribution in [2.24, 2.45) is 5.92 Å². The lowest BCUT2D eigenvalue weighted by atomic mass is 10.0. The van der Waals surface area contributed by atoms with Gasteiger partial charge in [0.2, 0.25) is 15.9 Å². The number of benzene rings is 2. The number of carbonyl (C=O) groups excluding carboxylic acids is 1. The van der Waals surface area contributed by atoms with Gasteiger partial charge < -0.3 is 10.3 Å². The number of halogens is 1. The Hall–Kier alpha value is -5.01. The van der Waals surface area contributed by atoms with Crippen LogP contribution in [0.1, 0.15) is 18.4 Å². The summed E-state index contributed by atoms with van der Waals surface area (Å²) >= 11 is 0. The molecule has 0 radical (unpaired) electrons. The number of hydrogen-bond donors (Lipinski definition) is 4. The molecule has 4 N–H and O–H groups in total. The van der Waals surface area contributed by atoms with Crippen molar-refractivity contribution in [1.82, 2.24) is 34.9 Å². The number of nitrogens with zero attached hydrogens (tertiary/aromatic N) is 4. The zero-order chi connectivity index (χ0) is 29.7. The fraction of sp³-hybridized carbons (Fsp3) is 0.167. The molecule has 4 heterocycles. The Morgan fingerprint density at radius 1 is 1.00 bits per heavy atom. The van der Waals surface area contributed by atoms with Gasteiger partial charge >= 0.3 is 0 Å². The maximum atomic E-state index is 14.6. The Bertz CT molecular complexity index is 2150. The molecule has 0 aliphatic heterocycles. The lowest BCUT2D eigenvalue weighted by Crippen LogP contribution is -2.21. The van der Waals surface area contributed by atoms with E-state index in [0.717, 1.165) is 24.7 Å². The third-order valence-corrected chi connectivity index (χ3v) is 7.87. The standard InChI is InChI=1S/C30H25FN8O3S/c1-43(41,42)33-13-16-9-18(11-20(31)10-16)22-3-2-4-24-26(22)37-29(36-24)28-27-25(38-39-28)8-7-23(35-27)19-12-21(15-32-14-19)34-30(40)17-5-6-17/h2-4,7-12,14-15,17,33H,5-6,13H2,1H3,(H,34,40)(H,36,37)(H,38,39). The Kier molecular flexibility index (Phi) is 6.47. The summed E-state index contributed by atoms with van der Waals surface area (Å²) in [6.45, 7) is -0.0377. The average molecular weight is 597 g/mol. The molecule has 13 heteroatoms. The summed E-state index contributed by atoms with van der Waals surface area (Å²) in [7, 11) is -3.44. The van der Waals surface area contributed by atoms with Gasteiger partial charge in [-0.2, -0.15) is 5.10 Å². The van der Waals surface area contributed by atoms with E-state index in [9.17, 15) is 17.6 Å². The molecule has 4 aromatic heterocycles. The van der Waals surface area contributed by atoms with Crippen LogP contribution in [0.25, 0.3) is 56.0 Å². The van der Waals surface area contributed by atoms with Crippen molar-refractivity contribution in [1.29, 1.82) is 0 Å². The van der Waals surface area contributed by atoms with E-state index < -0.39 is 15.8 Å². The minimum atomic E-state index is -3.44. The van der Waals surface area contributed by atoms with Gasteiger partial charge in [0.1, 0.15) is 11.3 Å². The van der Waals surface area contributed by atoms with Gasteiger partial charge in [-0.1, -0.05) is 12.1 Å². The van der Waals surface area contributed by atoms with E-state index in [-0.39, 0.29) is 18.4 Å². The maximum Gasteiger partial charge on any atom is 0.227 e. The second-order valence-corrected chi connectivity index (χ2v) is 12.5. The van der Waals surface area contributed by atoms with E-state index in [0.29, 0.717) is 61.7 Å². The molecule has 43 heavy (non-hydrogen) atoms. The number of rotatable bonds is 8. The number of para-hydroxylation sites is 1. The minimum absolute atomic E-state index is 0.00349. The summed E-state index contributed by atoms with van der Waals surface area (Å²) < 4.78 is 40.1. The third kappa shape index (κ3) is 5.59. The lowest BCUT2D eigenvalue weighted by Gasteiger charge is -2.08. The monoisotopic (exact) mass is 596 g/mol. The van der Waals surface area contributed by atoms with Crippen molar-refractivity contribution < 1.29 is 17.6 Å². The predicted octanol–water partition coefficient (Wildman–Crippen LogP) is 4.77. The average Bonchev–Trinajstić information content (AvgIpc) is 3.61. The Labute approximate surface area is 245 Å². The van der Waals surface area contributed by atoms with Crippen LogP contribution in [0.4, 0.5) is 10.1 Å². The topological polar surface area (TPSA) is 158 Å². The number of hydrogen-bond acceptors (Lipinski definition) is 7. The summed E-state index contributed by atoms with van der Waals surface area (Å²) in [6, 6.07) is 15.5. The van der Waals surface area contributed by atoms with Crippen LogP contribution in [-0.2, 0) is 21.4 Å². The number of amides is 1. The first-order chi connectivity index (χ1) is 20.7. The molecule has 0 spiro atoms. The van der Waals surface area contributed by atoms with Crippen LogP contribution >= 0.6 is 0 Å². The number of aromatic amines is 2. The first kappa shape index (κ1) is 26.9. The normalized spacial score (nSPS) is 13.5. The molecular formula is C30H25FN8O3S. The molecule has 1 aliphatic rings. The number of imidazole rings is 1. The van der Waals surface area contributed by atoms with Crippen LogP contribution in [0, 0.1) is 11.7 Å². The second-order valence-electron chi connectivity index (χ2n) is 10.6. The van der Waals surface area contributed by atoms with Crippen molar-refractivity contribution in [2.45, 2.75) is 19.4 Å². The van der Waals surface area contributed by atoms with E-state index in [1.807, 2.05) is 36.4 Å². The Balaban J connectivity index is 1.25. The molecular weight excluding hydrogens is 571 g/mol. The highest BCUT2D eigenvalue weighted by Crippen LogP contribution is 2.33. The molecule has 1 aliphatic carbocycles. The number of anilines is 1. The Morgan fingerprint density at radius 3 is 2.67 bits per heavy atom. The number of nitrogens with one attached hydrogen (secondary N) is 4. The quantitative estimate of drug-likeness (QED) is 0.197. The summed E-state index contributed by atoms with van der Waals surface area (Å²) in [5, 5.41) is 10.4. The van der Waals surface area contributed by atoms with Gasteiger partial charge in [0.15, 0.2) is 11.5 Å². The number of pyridine rings is 2. The van der Waals surface area contributed by atoms with Crippen LogP contribution in [-0.4, -0.2) is 50.7 Å². The van der Waals surface area contributed by atoms with Crippen LogP contribution in [0.2, 0.25) is 0 Å². The molecule has 2 aromatic carbocycles. The molecule has 0 atom stereocenters. The molecule has 6 aromatic rings. The predicted molar refractivity (Wildman–Crippen MR) is 161 cm³/mol. The fourth-order valence-corrected chi connectivity index (χ4v) is 5.39. The molecule has 216 valence electrons. The second kappa shape index (κ2) is 10.4. The molecule has 0 bridgehead atoms. The van der Waals surface area contributed by atoms with E-state index >= 15 is 0 Å². The lowest BCUT2D eigenvalue weighted by molar-refractivity contribution is -0.117. The van der Waals surface area contributed by atoms with Gasteiger partial charge in [0.25, 0.3) is 0 Å². The third-order valence-electron chi connectivity index (χ3n) is 7.20. The van der Waals surface area contributed by atoms with Crippen LogP contribution in [0.5, 0.6) is 0 Å². The number of aromatic nitrogens is 6. The highest BCUT2D eigenvalue weighted by atomic mass is 32.2. The molecule has 7 rings (SSSR count). The van der Waals surface area contributed by atoms with Crippen LogP contribution in [0.15, 0.2) is 67.0 Å². The smallest absolute Gasteiger partial charge is 0.227 e. The highest BCUT2D eigenvalue weighted by molar-refractivity contribution is 7.88. The zero-order valence-electron chi connectivity index (χ0n) is 22.8. The van der Waals surface area contributed by atoms with Gasteiger partial charge in [-0.15, -0.1) is 0 Å². The molecule has 0 saturated heterocycles. The number of H-pyrrole nitrogens is 2. The Morgan fingerprint density at radius 2 is 1.86 bits per heavy atom. The molecule has 1 fully saturated rings. The first-order valence-corrected chi connectivity index (χ1v) is 15.4. The van der Waals surface area contributed by atoms with Gasteiger partial charge in [-0.3, -0.25) is 14.9 Å². The van der Waals surface area contributed by atoms with Crippen LogP contribution < -0.4 is 10.0 Å². The number of carbonyl (C=O) groups is 1. The van der Waals surface area contributed by atoms with E-state index in [4.69, 9.17) is 9.97 Å². The fourth-order valence-electron chi connectivity index (χ4n) is 4.96. The first-order valence-electron chi connectivity index (χ1n) is 13.6. The van der Waals surface area contributed by atoms with Crippen molar-refractivity contribution in [3.63, 3.8) is 0 Å². The van der Waals surface area contributed by atoms with Crippen molar-refractivity contribution >= 4 is 43.7 Å². The van der Waals surface area contributed by atoms with Crippen molar-refractivity contribution in [3.8, 4) is 33.9 Å². The molecule has 1 saturated carbocycles. The molecule has 1 amide bonds. The van der Waals surface area contributed by atoms with Gasteiger partial charge in [-0.25, -0.2) is 27.5 Å². The van der Waals surface area contributed by atoms with Crippen molar-refractivity contribution in [2.75, 3.05) is 11.6 Å². The summed E-state index contributed by atoms with van der Waals surface area (Å²) in [4.78, 5) is 29.5. The van der Waals surface area contributed by atoms with Crippen molar-refractivity contribution in [3.05, 3.63) is 78.4 Å². The largest absolute Gasteiger partial charge is 0.336 e. The van der Waals surface area contributed by atoms with Gasteiger partial charge in [-0.05, 0) is 66.4 Å². The van der Waals surface area contributed by atoms with Crippen LogP contribution in [0.3, 0.4) is 0 Å². The number of fused-ring (bicyclic) bond motifs is 2. The highest BCUT2D eigenvalue weighted by Gasteiger charge is 2.29. The summed E-state index contributed by atoms with van der Waals surface area (Å²) in [5.41, 5.74) is 6.82. The SMILES string of the molecule is CS(=O)(=O)NCc1cc(F)cc(-c2cccc3[nH]c(-c4n[nH]c5ccc(-c6cncc(NC(=O)C7CC7)c6)nc45)nc23)c1.